The lowest BCUT2D eigenvalue weighted by Gasteiger charge is -2.35. The minimum Gasteiger partial charge on any atom is -0.378 e. The average molecular weight is 299 g/mol. The molecule has 2 saturated carbocycles. The van der Waals surface area contributed by atoms with E-state index >= 15 is 0 Å². The number of rotatable bonds is 2. The minimum absolute atomic E-state index is 0.121. The lowest BCUT2D eigenvalue weighted by molar-refractivity contribution is -0.168. The highest BCUT2D eigenvalue weighted by Crippen LogP contribution is 2.68. The van der Waals surface area contributed by atoms with Gasteiger partial charge in [0.25, 0.3) is 5.91 Å². The minimum atomic E-state index is -3.34. The van der Waals surface area contributed by atoms with Gasteiger partial charge in [-0.15, -0.1) is 0 Å². The third kappa shape index (κ3) is 2.30. The second-order valence-corrected chi connectivity index (χ2v) is 7.21. The number of ether oxygens (including phenoxy) is 1. The molecular formula is C16H23F2NO2. The van der Waals surface area contributed by atoms with E-state index < -0.39 is 17.7 Å². The summed E-state index contributed by atoms with van der Waals surface area (Å²) in [5, 5.41) is 0. The Hall–Kier alpha value is -0.970. The Labute approximate surface area is 124 Å². The molecule has 0 spiro atoms. The molecule has 118 valence electrons. The van der Waals surface area contributed by atoms with Crippen LogP contribution in [-0.4, -0.2) is 43.0 Å². The molecule has 0 radical (unpaired) electrons. The number of halogens is 2. The number of nitrogens with zero attached hydrogens (tertiary/aromatic N) is 1. The normalized spacial score (nSPS) is 35.3. The van der Waals surface area contributed by atoms with Gasteiger partial charge in [-0.1, -0.05) is 26.0 Å². The van der Waals surface area contributed by atoms with Gasteiger partial charge in [0.05, 0.1) is 19.1 Å². The lowest BCUT2D eigenvalue weighted by atomic mass is 9.80. The third-order valence-electron chi connectivity index (χ3n) is 5.77. The standard InChI is InChI=1S/C16H23F2NO2/c1-10-8-12-13(15(12,2)3)9-11(10)16(17,18)14(20)19-4-6-21-7-5-19/h11-13H,1,4-9H2,2-3H3. The molecule has 3 atom stereocenters. The van der Waals surface area contributed by atoms with Gasteiger partial charge < -0.3 is 9.64 Å². The van der Waals surface area contributed by atoms with Crippen molar-refractivity contribution in [3.8, 4) is 0 Å². The molecule has 1 aliphatic heterocycles. The quantitative estimate of drug-likeness (QED) is 0.734. The van der Waals surface area contributed by atoms with Crippen molar-refractivity contribution in [3.63, 3.8) is 0 Å². The van der Waals surface area contributed by atoms with Crippen LogP contribution in [0.1, 0.15) is 26.7 Å². The van der Waals surface area contributed by atoms with Crippen LogP contribution >= 0.6 is 0 Å². The second-order valence-electron chi connectivity index (χ2n) is 7.21. The zero-order valence-electron chi connectivity index (χ0n) is 12.7. The highest BCUT2D eigenvalue weighted by Gasteiger charge is 2.64. The monoisotopic (exact) mass is 299 g/mol. The van der Waals surface area contributed by atoms with E-state index in [9.17, 15) is 13.6 Å². The predicted octanol–water partition coefficient (Wildman–Crippen LogP) is 2.72. The zero-order chi connectivity index (χ0) is 15.4. The van der Waals surface area contributed by atoms with Crippen LogP contribution < -0.4 is 0 Å². The molecule has 1 saturated heterocycles. The van der Waals surface area contributed by atoms with Crippen LogP contribution in [0.5, 0.6) is 0 Å². The SMILES string of the molecule is C=C1CC2C(CC1C(F)(F)C(=O)N1CCOCC1)C2(C)C. The first-order valence-corrected chi connectivity index (χ1v) is 7.69. The fourth-order valence-corrected chi connectivity index (χ4v) is 4.11. The number of morpholine rings is 1. The number of carbonyl (C=O) groups excluding carboxylic acids is 1. The Morgan fingerprint density at radius 2 is 1.95 bits per heavy atom. The molecule has 0 bridgehead atoms. The average Bonchev–Trinajstić information content (AvgIpc) is 2.98. The van der Waals surface area contributed by atoms with Gasteiger partial charge >= 0.3 is 5.92 Å². The Morgan fingerprint density at radius 1 is 1.33 bits per heavy atom. The van der Waals surface area contributed by atoms with E-state index in [1.165, 1.54) is 4.90 Å². The number of allylic oxidation sites excluding steroid dienone is 1. The summed E-state index contributed by atoms with van der Waals surface area (Å²) in [5.41, 5.74) is 0.670. The van der Waals surface area contributed by atoms with E-state index in [0.29, 0.717) is 43.5 Å². The fourth-order valence-electron chi connectivity index (χ4n) is 4.11. The molecule has 3 aliphatic rings. The molecule has 3 rings (SSSR count). The van der Waals surface area contributed by atoms with Gasteiger partial charge in [-0.25, -0.2) is 0 Å². The van der Waals surface area contributed by atoms with Crippen LogP contribution in [0.25, 0.3) is 0 Å². The number of carbonyl (C=O) groups is 1. The maximum absolute atomic E-state index is 14.7. The van der Waals surface area contributed by atoms with Crippen molar-refractivity contribution in [2.24, 2.45) is 23.2 Å². The Morgan fingerprint density at radius 3 is 2.57 bits per heavy atom. The molecule has 0 aromatic rings. The summed E-state index contributed by atoms with van der Waals surface area (Å²) in [4.78, 5) is 13.5. The largest absolute Gasteiger partial charge is 0.378 e. The van der Waals surface area contributed by atoms with Gasteiger partial charge in [0.1, 0.15) is 0 Å². The van der Waals surface area contributed by atoms with Gasteiger partial charge in [0.15, 0.2) is 0 Å². The fraction of sp³-hybridized carbons (Fsp3) is 0.812. The van der Waals surface area contributed by atoms with Crippen LogP contribution in [0.2, 0.25) is 0 Å². The van der Waals surface area contributed by atoms with E-state index in [4.69, 9.17) is 4.74 Å². The number of alkyl halides is 2. The summed E-state index contributed by atoms with van der Waals surface area (Å²) in [6, 6.07) is 0. The number of hydrogen-bond acceptors (Lipinski definition) is 2. The summed E-state index contributed by atoms with van der Waals surface area (Å²) >= 11 is 0. The smallest absolute Gasteiger partial charge is 0.331 e. The van der Waals surface area contributed by atoms with Crippen molar-refractivity contribution in [1.29, 1.82) is 0 Å². The van der Waals surface area contributed by atoms with E-state index in [2.05, 4.69) is 20.4 Å². The van der Waals surface area contributed by atoms with Crippen LogP contribution in [0.15, 0.2) is 12.2 Å². The van der Waals surface area contributed by atoms with Gasteiger partial charge in [0.2, 0.25) is 0 Å². The first kappa shape index (κ1) is 14.9. The second kappa shape index (κ2) is 4.77. The summed E-state index contributed by atoms with van der Waals surface area (Å²) in [6.45, 7) is 9.29. The van der Waals surface area contributed by atoms with Crippen molar-refractivity contribution < 1.29 is 18.3 Å². The van der Waals surface area contributed by atoms with Gasteiger partial charge in [-0.3, -0.25) is 4.79 Å². The molecule has 3 nitrogen and oxygen atoms in total. The number of amides is 1. The molecule has 5 heteroatoms. The summed E-state index contributed by atoms with van der Waals surface area (Å²) < 4.78 is 34.5. The summed E-state index contributed by atoms with van der Waals surface area (Å²) in [7, 11) is 0. The van der Waals surface area contributed by atoms with E-state index in [1.807, 2.05) is 0 Å². The maximum atomic E-state index is 14.7. The highest BCUT2D eigenvalue weighted by molar-refractivity contribution is 5.84. The van der Waals surface area contributed by atoms with Crippen molar-refractivity contribution in [1.82, 2.24) is 4.90 Å². The molecule has 2 aliphatic carbocycles. The molecule has 1 heterocycles. The molecule has 1 amide bonds. The van der Waals surface area contributed by atoms with Crippen LogP contribution in [0.4, 0.5) is 8.78 Å². The van der Waals surface area contributed by atoms with E-state index in [0.717, 1.165) is 0 Å². The lowest BCUT2D eigenvalue weighted by Crippen LogP contribution is -2.52. The maximum Gasteiger partial charge on any atom is 0.331 e. The van der Waals surface area contributed by atoms with E-state index in [-0.39, 0.29) is 18.5 Å². The van der Waals surface area contributed by atoms with Crippen LogP contribution in [-0.2, 0) is 9.53 Å². The van der Waals surface area contributed by atoms with Gasteiger partial charge in [0, 0.05) is 13.1 Å². The van der Waals surface area contributed by atoms with Crippen molar-refractivity contribution in [3.05, 3.63) is 12.2 Å². The predicted molar refractivity (Wildman–Crippen MR) is 75.0 cm³/mol. The molecule has 3 unspecified atom stereocenters. The van der Waals surface area contributed by atoms with Crippen molar-refractivity contribution in [2.75, 3.05) is 26.3 Å². The molecule has 0 aromatic heterocycles. The summed E-state index contributed by atoms with van der Waals surface area (Å²) in [6.07, 6.45) is 1.02. The van der Waals surface area contributed by atoms with Crippen molar-refractivity contribution >= 4 is 5.91 Å². The molecule has 21 heavy (non-hydrogen) atoms. The highest BCUT2D eigenvalue weighted by atomic mass is 19.3. The Balaban J connectivity index is 1.74. The first-order chi connectivity index (χ1) is 9.76. The molecule has 0 aromatic carbocycles. The zero-order valence-corrected chi connectivity index (χ0v) is 12.7. The third-order valence-corrected chi connectivity index (χ3v) is 5.77. The van der Waals surface area contributed by atoms with Crippen molar-refractivity contribution in [2.45, 2.75) is 32.6 Å². The Kier molecular flexibility index (Phi) is 3.39. The molecular weight excluding hydrogens is 276 g/mol. The van der Waals surface area contributed by atoms with Gasteiger partial charge in [-0.2, -0.15) is 8.78 Å². The molecule has 3 fully saturated rings. The number of fused-ring (bicyclic) bond motifs is 1. The van der Waals surface area contributed by atoms with Crippen LogP contribution in [0.3, 0.4) is 0 Å². The Bertz CT molecular complexity index is 469. The van der Waals surface area contributed by atoms with E-state index in [1.54, 1.807) is 0 Å². The van der Waals surface area contributed by atoms with Crippen LogP contribution in [0, 0.1) is 23.2 Å². The molecule has 0 N–H and O–H groups in total. The first-order valence-electron chi connectivity index (χ1n) is 7.69. The van der Waals surface area contributed by atoms with Gasteiger partial charge in [-0.05, 0) is 30.1 Å². The summed E-state index contributed by atoms with van der Waals surface area (Å²) in [5.74, 6) is -4.62. The number of hydrogen-bond donors (Lipinski definition) is 0. The topological polar surface area (TPSA) is 29.5 Å².